The van der Waals surface area contributed by atoms with Gasteiger partial charge in [-0.2, -0.15) is 4.31 Å². The normalized spacial score (nSPS) is 16.4. The van der Waals surface area contributed by atoms with E-state index in [0.29, 0.717) is 43.0 Å². The predicted molar refractivity (Wildman–Crippen MR) is 109 cm³/mol. The highest BCUT2D eigenvalue weighted by atomic mass is 32.2. The largest absolute Gasteiger partial charge is 0.379 e. The van der Waals surface area contributed by atoms with Crippen molar-refractivity contribution in [3.8, 4) is 0 Å². The molecule has 0 aliphatic carbocycles. The van der Waals surface area contributed by atoms with Crippen LogP contribution in [-0.4, -0.2) is 45.0 Å². The number of guanidine groups is 1. The zero-order chi connectivity index (χ0) is 19.3. The highest BCUT2D eigenvalue weighted by Gasteiger charge is 2.27. The summed E-state index contributed by atoms with van der Waals surface area (Å²) in [5.41, 5.74) is 8.06. The van der Waals surface area contributed by atoms with E-state index in [1.165, 1.54) is 21.2 Å². The van der Waals surface area contributed by atoms with Crippen LogP contribution in [0, 0.1) is 0 Å². The minimum Gasteiger partial charge on any atom is -0.379 e. The highest BCUT2D eigenvalue weighted by Crippen LogP contribution is 2.26. The maximum Gasteiger partial charge on any atom is 0.252 e. The van der Waals surface area contributed by atoms with Crippen molar-refractivity contribution >= 4 is 33.0 Å². The molecule has 7 nitrogen and oxygen atoms in total. The van der Waals surface area contributed by atoms with Crippen molar-refractivity contribution < 1.29 is 13.2 Å². The van der Waals surface area contributed by atoms with Gasteiger partial charge in [-0.15, -0.1) is 11.3 Å². The minimum atomic E-state index is -3.46. The molecular weight excluding hydrogens is 384 g/mol. The van der Waals surface area contributed by atoms with E-state index < -0.39 is 10.0 Å². The van der Waals surface area contributed by atoms with Crippen LogP contribution in [0.25, 0.3) is 0 Å². The number of aliphatic imine (C=N–C) groups is 1. The Hall–Kier alpha value is -1.94. The van der Waals surface area contributed by atoms with E-state index in [9.17, 15) is 8.42 Å². The molecule has 0 atom stereocenters. The van der Waals surface area contributed by atoms with E-state index in [-0.39, 0.29) is 0 Å². The van der Waals surface area contributed by atoms with E-state index in [1.807, 2.05) is 24.3 Å². The fourth-order valence-corrected chi connectivity index (χ4v) is 5.51. The van der Waals surface area contributed by atoms with E-state index in [1.54, 1.807) is 12.1 Å². The van der Waals surface area contributed by atoms with Crippen molar-refractivity contribution in [3.05, 3.63) is 46.8 Å². The fourth-order valence-electron chi connectivity index (χ4n) is 2.67. The number of anilines is 1. The molecule has 2 aromatic rings. The second kappa shape index (κ2) is 8.83. The van der Waals surface area contributed by atoms with Gasteiger partial charge in [0.2, 0.25) is 0 Å². The number of rotatable bonds is 6. The van der Waals surface area contributed by atoms with Gasteiger partial charge >= 0.3 is 0 Å². The van der Waals surface area contributed by atoms with E-state index in [0.717, 1.165) is 17.0 Å². The quantitative estimate of drug-likeness (QED) is 0.564. The number of sulfonamides is 1. The molecule has 9 heteroatoms. The lowest BCUT2D eigenvalue weighted by Gasteiger charge is -2.25. The van der Waals surface area contributed by atoms with E-state index >= 15 is 0 Å². The Morgan fingerprint density at radius 3 is 2.59 bits per heavy atom. The smallest absolute Gasteiger partial charge is 0.252 e. The number of nitrogens with one attached hydrogen (secondary N) is 1. The second-order valence-corrected chi connectivity index (χ2v) is 9.45. The maximum absolute atomic E-state index is 12.6. The van der Waals surface area contributed by atoms with E-state index in [4.69, 9.17) is 10.5 Å². The van der Waals surface area contributed by atoms with Crippen LogP contribution in [0.5, 0.6) is 0 Å². The Morgan fingerprint density at radius 2 is 1.93 bits per heavy atom. The number of thiophene rings is 1. The molecule has 1 aromatic carbocycles. The molecule has 27 heavy (non-hydrogen) atoms. The minimum absolute atomic E-state index is 0.297. The number of ether oxygens (including phenoxy) is 1. The van der Waals surface area contributed by atoms with Crippen molar-refractivity contribution in [3.63, 3.8) is 0 Å². The van der Waals surface area contributed by atoms with Crippen LogP contribution < -0.4 is 11.1 Å². The first-order valence-corrected chi connectivity index (χ1v) is 11.1. The number of hydrogen-bond donors (Lipinski definition) is 2. The SMILES string of the molecule is CCc1ccc(NC(N)=NCc2ccc(S(=O)(=O)N3CCOCC3)s2)cc1. The predicted octanol–water partition coefficient (Wildman–Crippen LogP) is 2.26. The summed E-state index contributed by atoms with van der Waals surface area (Å²) in [6, 6.07) is 11.4. The summed E-state index contributed by atoms with van der Waals surface area (Å²) in [6.45, 7) is 4.08. The van der Waals surface area contributed by atoms with Gasteiger partial charge in [-0.1, -0.05) is 19.1 Å². The van der Waals surface area contributed by atoms with Gasteiger partial charge in [0, 0.05) is 23.7 Å². The number of nitrogens with two attached hydrogens (primary N) is 1. The molecule has 1 aliphatic rings. The Labute approximate surface area is 163 Å². The molecule has 0 unspecified atom stereocenters. The maximum atomic E-state index is 12.6. The van der Waals surface area contributed by atoms with Crippen LogP contribution in [0.15, 0.2) is 45.6 Å². The molecule has 0 radical (unpaired) electrons. The third-order valence-corrected chi connectivity index (χ3v) is 7.68. The van der Waals surface area contributed by atoms with Gasteiger partial charge in [-0.3, -0.25) is 0 Å². The number of nitrogens with zero attached hydrogens (tertiary/aromatic N) is 2. The summed E-state index contributed by atoms with van der Waals surface area (Å²) in [5, 5.41) is 3.04. The van der Waals surface area contributed by atoms with Crippen LogP contribution in [0.2, 0.25) is 0 Å². The van der Waals surface area contributed by atoms with Gasteiger partial charge in [0.1, 0.15) is 4.21 Å². The summed E-state index contributed by atoms with van der Waals surface area (Å²) < 4.78 is 32.3. The van der Waals surface area contributed by atoms with Gasteiger partial charge in [0.05, 0.1) is 19.8 Å². The van der Waals surface area contributed by atoms with Crippen molar-refractivity contribution in [2.75, 3.05) is 31.6 Å². The number of morpholine rings is 1. The summed E-state index contributed by atoms with van der Waals surface area (Å²) in [7, 11) is -3.46. The lowest BCUT2D eigenvalue weighted by molar-refractivity contribution is 0.0731. The second-order valence-electron chi connectivity index (χ2n) is 6.11. The van der Waals surface area contributed by atoms with E-state index in [2.05, 4.69) is 17.2 Å². The molecule has 0 amide bonds. The van der Waals surface area contributed by atoms with Crippen molar-refractivity contribution in [1.82, 2.24) is 4.31 Å². The highest BCUT2D eigenvalue weighted by molar-refractivity contribution is 7.91. The molecular formula is C18H24N4O3S2. The monoisotopic (exact) mass is 408 g/mol. The van der Waals surface area contributed by atoms with Crippen molar-refractivity contribution in [2.45, 2.75) is 24.1 Å². The van der Waals surface area contributed by atoms with Gasteiger partial charge in [-0.25, -0.2) is 13.4 Å². The van der Waals surface area contributed by atoms with Crippen LogP contribution in [0.4, 0.5) is 5.69 Å². The molecule has 146 valence electrons. The summed E-state index contributed by atoms with van der Waals surface area (Å²) in [6.07, 6.45) is 0.984. The number of hydrogen-bond acceptors (Lipinski definition) is 5. The Balaban J connectivity index is 1.61. The third kappa shape index (κ3) is 5.07. The Morgan fingerprint density at radius 1 is 1.22 bits per heavy atom. The molecule has 3 rings (SSSR count). The van der Waals surface area contributed by atoms with Gasteiger partial charge in [-0.05, 0) is 36.2 Å². The molecule has 2 heterocycles. The average molecular weight is 409 g/mol. The zero-order valence-corrected chi connectivity index (χ0v) is 16.9. The molecule has 1 fully saturated rings. The van der Waals surface area contributed by atoms with Crippen molar-refractivity contribution in [2.24, 2.45) is 10.7 Å². The topological polar surface area (TPSA) is 97.0 Å². The first kappa shape index (κ1) is 19.8. The van der Waals surface area contributed by atoms with Crippen LogP contribution in [-0.2, 0) is 27.7 Å². The lowest BCUT2D eigenvalue weighted by atomic mass is 10.1. The first-order valence-electron chi connectivity index (χ1n) is 8.81. The van der Waals surface area contributed by atoms with Crippen LogP contribution >= 0.6 is 11.3 Å². The zero-order valence-electron chi connectivity index (χ0n) is 15.2. The van der Waals surface area contributed by atoms with Gasteiger partial charge in [0.15, 0.2) is 5.96 Å². The summed E-state index contributed by atoms with van der Waals surface area (Å²) >= 11 is 1.23. The fraction of sp³-hybridized carbons (Fsp3) is 0.389. The van der Waals surface area contributed by atoms with Crippen LogP contribution in [0.3, 0.4) is 0 Å². The Bertz CT molecular complexity index is 886. The molecule has 1 aliphatic heterocycles. The summed E-state index contributed by atoms with van der Waals surface area (Å²) in [5.74, 6) is 0.297. The Kier molecular flexibility index (Phi) is 6.48. The van der Waals surface area contributed by atoms with Gasteiger partial charge in [0.25, 0.3) is 10.0 Å². The molecule has 0 bridgehead atoms. The standard InChI is InChI=1S/C18H24N4O3S2/c1-2-14-3-5-15(6-4-14)21-18(19)20-13-16-7-8-17(26-16)27(23,24)22-9-11-25-12-10-22/h3-8H,2,9-13H2,1H3,(H3,19,20,21). The lowest BCUT2D eigenvalue weighted by Crippen LogP contribution is -2.40. The molecule has 0 spiro atoms. The van der Waals surface area contributed by atoms with Crippen molar-refractivity contribution in [1.29, 1.82) is 0 Å². The molecule has 0 saturated carbocycles. The third-order valence-electron chi connectivity index (χ3n) is 4.24. The summed E-state index contributed by atoms with van der Waals surface area (Å²) in [4.78, 5) is 5.15. The molecule has 1 saturated heterocycles. The number of aryl methyl sites for hydroxylation is 1. The molecule has 1 aromatic heterocycles. The van der Waals surface area contributed by atoms with Gasteiger partial charge < -0.3 is 15.8 Å². The van der Waals surface area contributed by atoms with Crippen LogP contribution in [0.1, 0.15) is 17.4 Å². The number of benzene rings is 1. The molecule has 3 N–H and O–H groups in total. The first-order chi connectivity index (χ1) is 13.0. The average Bonchev–Trinajstić information content (AvgIpc) is 3.18.